The van der Waals surface area contributed by atoms with E-state index >= 15 is 0 Å². The van der Waals surface area contributed by atoms with E-state index in [1.165, 1.54) is 0 Å². The zero-order valence-corrected chi connectivity index (χ0v) is 12.2. The first-order valence-electron chi connectivity index (χ1n) is 6.37. The Morgan fingerprint density at radius 2 is 1.33 bits per heavy atom. The van der Waals surface area contributed by atoms with Crippen molar-refractivity contribution in [1.29, 1.82) is 0 Å². The second kappa shape index (κ2) is 7.67. The van der Waals surface area contributed by atoms with Gasteiger partial charge in [-0.05, 0) is 11.1 Å². The van der Waals surface area contributed by atoms with E-state index in [4.69, 9.17) is 14.6 Å². The first kappa shape index (κ1) is 15.4. The Hall–Kier alpha value is -2.03. The van der Waals surface area contributed by atoms with Gasteiger partial charge in [0, 0.05) is 0 Å². The molecule has 0 radical (unpaired) electrons. The predicted molar refractivity (Wildman–Crippen MR) is 79.8 cm³/mol. The smallest absolute Gasteiger partial charge is 0.361 e. The zero-order valence-electron chi connectivity index (χ0n) is 11.3. The number of rotatable bonds is 7. The van der Waals surface area contributed by atoms with Crippen molar-refractivity contribution < 1.29 is 18.4 Å². The van der Waals surface area contributed by atoms with Crippen molar-refractivity contribution in [2.45, 2.75) is 13.2 Å². The summed E-state index contributed by atoms with van der Waals surface area (Å²) in [7, 11) is -3.59. The fraction of sp³-hybridized carbons (Fsp3) is 0.133. The molecule has 0 amide bonds. The number of hydrogen-bond donors (Lipinski definition) is 0. The molecule has 0 aromatic heterocycles. The Balaban J connectivity index is 1.99. The molecule has 0 saturated heterocycles. The molecule has 21 heavy (non-hydrogen) atoms. The molecule has 108 valence electrons. The second-order valence-electron chi connectivity index (χ2n) is 4.29. The predicted octanol–water partition coefficient (Wildman–Crippen LogP) is 3.87. The van der Waals surface area contributed by atoms with Crippen LogP contribution in [0.3, 0.4) is 0 Å². The Morgan fingerprint density at radius 3 is 1.71 bits per heavy atom. The van der Waals surface area contributed by atoms with Gasteiger partial charge in [-0.15, -0.1) is 0 Å². The third-order valence-electron chi connectivity index (χ3n) is 2.70. The van der Waals surface area contributed by atoms with Crippen LogP contribution in [0.1, 0.15) is 11.1 Å². The van der Waals surface area contributed by atoms with Crippen molar-refractivity contribution in [1.82, 2.24) is 0 Å². The molecule has 2 aromatic rings. The van der Waals surface area contributed by atoms with Gasteiger partial charge in [0.15, 0.2) is 0 Å². The van der Waals surface area contributed by atoms with Gasteiger partial charge in [-0.3, -0.25) is 9.05 Å². The normalized spacial score (nSPS) is 10.9. The Morgan fingerprint density at radius 1 is 0.905 bits per heavy atom. The molecule has 0 N–H and O–H groups in total. The Bertz CT molecular complexity index is 608. The highest BCUT2D eigenvalue weighted by molar-refractivity contribution is 7.69. The molecule has 0 bridgehead atoms. The SMILES string of the molecule is [N-]=[N+]=CP(=O)(OCc1ccccc1)OCc1ccccc1. The molecule has 2 aromatic carbocycles. The van der Waals surface area contributed by atoms with Crippen LogP contribution in [0.15, 0.2) is 60.7 Å². The van der Waals surface area contributed by atoms with Crippen molar-refractivity contribution in [3.8, 4) is 0 Å². The average molecular weight is 302 g/mol. The van der Waals surface area contributed by atoms with Gasteiger partial charge in [0.2, 0.25) is 0 Å². The molecule has 0 atom stereocenters. The first-order valence-corrected chi connectivity index (χ1v) is 7.98. The molecule has 0 spiro atoms. The lowest BCUT2D eigenvalue weighted by atomic mass is 10.2. The summed E-state index contributed by atoms with van der Waals surface area (Å²) in [5.74, 6) is 0.804. The van der Waals surface area contributed by atoms with Crippen LogP contribution in [0.2, 0.25) is 0 Å². The van der Waals surface area contributed by atoms with Gasteiger partial charge in [0.25, 0.3) is 0 Å². The summed E-state index contributed by atoms with van der Waals surface area (Å²) in [4.78, 5) is 2.79. The topological polar surface area (TPSA) is 71.9 Å². The average Bonchev–Trinajstić information content (AvgIpc) is 2.54. The maximum atomic E-state index is 12.4. The largest absolute Gasteiger partial charge is 0.435 e. The summed E-state index contributed by atoms with van der Waals surface area (Å²) in [6.07, 6.45) is 0. The van der Waals surface area contributed by atoms with Crippen LogP contribution in [0.25, 0.3) is 5.53 Å². The minimum absolute atomic E-state index is 0.110. The lowest BCUT2D eigenvalue weighted by molar-refractivity contribution is 0.00411. The van der Waals surface area contributed by atoms with Crippen molar-refractivity contribution in [3.05, 3.63) is 77.3 Å². The van der Waals surface area contributed by atoms with Crippen LogP contribution in [0, 0.1) is 0 Å². The number of nitrogens with zero attached hydrogens (tertiary/aromatic N) is 2. The van der Waals surface area contributed by atoms with Gasteiger partial charge in [-0.2, -0.15) is 4.79 Å². The fourth-order valence-electron chi connectivity index (χ4n) is 1.64. The van der Waals surface area contributed by atoms with E-state index in [1.54, 1.807) is 0 Å². The maximum Gasteiger partial charge on any atom is 0.435 e. The van der Waals surface area contributed by atoms with Crippen molar-refractivity contribution >= 4 is 13.6 Å². The standard InChI is InChI=1S/C15H15N2O3P/c16-17-13-21(18,19-11-14-7-3-1-4-8-14)20-12-15-9-5-2-6-10-15/h1-10,13H,11-12H2. The molecule has 0 aliphatic heterocycles. The molecule has 0 saturated carbocycles. The van der Waals surface area contributed by atoms with E-state index in [-0.39, 0.29) is 13.2 Å². The van der Waals surface area contributed by atoms with E-state index in [0.29, 0.717) is 0 Å². The van der Waals surface area contributed by atoms with E-state index < -0.39 is 7.60 Å². The number of hydrogen-bond acceptors (Lipinski definition) is 3. The Kier molecular flexibility index (Phi) is 5.61. The highest BCUT2D eigenvalue weighted by Crippen LogP contribution is 2.46. The summed E-state index contributed by atoms with van der Waals surface area (Å²) in [5, 5.41) is 0. The van der Waals surface area contributed by atoms with Gasteiger partial charge in [0.1, 0.15) is 0 Å². The van der Waals surface area contributed by atoms with E-state index in [9.17, 15) is 4.57 Å². The van der Waals surface area contributed by atoms with Crippen LogP contribution in [-0.4, -0.2) is 10.7 Å². The first-order chi connectivity index (χ1) is 10.2. The minimum atomic E-state index is -3.59. The monoisotopic (exact) mass is 302 g/mol. The Labute approximate surface area is 123 Å². The molecule has 0 fully saturated rings. The van der Waals surface area contributed by atoms with Gasteiger partial charge in [-0.1, -0.05) is 60.7 Å². The van der Waals surface area contributed by atoms with E-state index in [1.807, 2.05) is 60.7 Å². The van der Waals surface area contributed by atoms with Crippen LogP contribution < -0.4 is 0 Å². The summed E-state index contributed by atoms with van der Waals surface area (Å²) >= 11 is 0. The van der Waals surface area contributed by atoms with Gasteiger partial charge >= 0.3 is 13.6 Å². The maximum absolute atomic E-state index is 12.4. The highest BCUT2D eigenvalue weighted by Gasteiger charge is 2.28. The molecule has 0 aliphatic carbocycles. The summed E-state index contributed by atoms with van der Waals surface area (Å²) in [5.41, 5.74) is 10.3. The minimum Gasteiger partial charge on any atom is -0.361 e. The van der Waals surface area contributed by atoms with Crippen molar-refractivity contribution in [2.75, 3.05) is 0 Å². The number of benzene rings is 2. The van der Waals surface area contributed by atoms with Crippen molar-refractivity contribution in [3.63, 3.8) is 0 Å². The molecule has 2 rings (SSSR count). The lowest BCUT2D eigenvalue weighted by Crippen LogP contribution is -1.99. The lowest BCUT2D eigenvalue weighted by Gasteiger charge is -2.11. The van der Waals surface area contributed by atoms with Gasteiger partial charge in [-0.25, -0.2) is 4.57 Å². The molecule has 6 heteroatoms. The molecule has 0 aliphatic rings. The van der Waals surface area contributed by atoms with Gasteiger partial charge in [0.05, 0.1) is 13.2 Å². The van der Waals surface area contributed by atoms with E-state index in [0.717, 1.165) is 17.1 Å². The summed E-state index contributed by atoms with van der Waals surface area (Å²) < 4.78 is 23.0. The molecule has 0 unspecified atom stereocenters. The van der Waals surface area contributed by atoms with Crippen LogP contribution >= 0.6 is 7.60 Å². The van der Waals surface area contributed by atoms with Crippen molar-refractivity contribution in [2.24, 2.45) is 0 Å². The van der Waals surface area contributed by atoms with Crippen LogP contribution in [-0.2, 0) is 26.8 Å². The van der Waals surface area contributed by atoms with E-state index in [2.05, 4.69) is 4.79 Å². The fourth-order valence-corrected chi connectivity index (χ4v) is 2.64. The molecular weight excluding hydrogens is 287 g/mol. The summed E-state index contributed by atoms with van der Waals surface area (Å²) in [6.45, 7) is 0.220. The molecule has 0 heterocycles. The third kappa shape index (κ3) is 5.10. The molecule has 5 nitrogen and oxygen atoms in total. The quantitative estimate of drug-likeness (QED) is 0.337. The second-order valence-corrected chi connectivity index (χ2v) is 6.12. The highest BCUT2D eigenvalue weighted by atomic mass is 31.2. The van der Waals surface area contributed by atoms with Gasteiger partial charge < -0.3 is 5.53 Å². The van der Waals surface area contributed by atoms with Crippen LogP contribution in [0.5, 0.6) is 0 Å². The zero-order chi connectivity index (χ0) is 15.0. The summed E-state index contributed by atoms with van der Waals surface area (Å²) in [6, 6.07) is 18.6. The molecular formula is C15H15N2O3P. The van der Waals surface area contributed by atoms with Crippen LogP contribution in [0.4, 0.5) is 0 Å². The third-order valence-corrected chi connectivity index (χ3v) is 4.07.